The summed E-state index contributed by atoms with van der Waals surface area (Å²) in [6, 6.07) is 10.9. The van der Waals surface area contributed by atoms with Crippen LogP contribution in [0.15, 0.2) is 53.4 Å². The van der Waals surface area contributed by atoms with Crippen molar-refractivity contribution < 1.29 is 18.3 Å². The van der Waals surface area contributed by atoms with E-state index < -0.39 is 10.0 Å². The van der Waals surface area contributed by atoms with Gasteiger partial charge in [0.05, 0.1) is 18.0 Å². The highest BCUT2D eigenvalue weighted by atomic mass is 32.2. The molecule has 3 unspecified atom stereocenters. The number of sulfonamides is 1. The molecule has 0 amide bonds. The zero-order chi connectivity index (χ0) is 22.5. The van der Waals surface area contributed by atoms with Crippen molar-refractivity contribution in [1.82, 2.24) is 4.31 Å². The number of phenols is 1. The van der Waals surface area contributed by atoms with Gasteiger partial charge in [0, 0.05) is 30.3 Å². The van der Waals surface area contributed by atoms with Gasteiger partial charge >= 0.3 is 0 Å². The monoisotopic (exact) mass is 454 g/mol. The Kier molecular flexibility index (Phi) is 5.42. The Hall–Kier alpha value is -2.51. The van der Waals surface area contributed by atoms with Crippen LogP contribution in [-0.4, -0.2) is 38.0 Å². The minimum atomic E-state index is -3.50. The van der Waals surface area contributed by atoms with Crippen molar-refractivity contribution in [3.8, 4) is 11.5 Å². The Morgan fingerprint density at radius 3 is 2.66 bits per heavy atom. The lowest BCUT2D eigenvalue weighted by Crippen LogP contribution is -2.38. The van der Waals surface area contributed by atoms with Gasteiger partial charge in [-0.2, -0.15) is 4.31 Å². The van der Waals surface area contributed by atoms with E-state index in [-0.39, 0.29) is 23.6 Å². The topological polar surface area (TPSA) is 78.9 Å². The van der Waals surface area contributed by atoms with E-state index in [0.717, 1.165) is 36.1 Å². The van der Waals surface area contributed by atoms with Gasteiger partial charge in [0.25, 0.3) is 0 Å². The summed E-state index contributed by atoms with van der Waals surface area (Å²) in [6.45, 7) is 3.35. The summed E-state index contributed by atoms with van der Waals surface area (Å²) in [6.07, 6.45) is 7.01. The lowest BCUT2D eigenvalue weighted by Gasteiger charge is -2.38. The molecule has 1 fully saturated rings. The molecule has 0 saturated carbocycles. The standard InChI is InChI=1S/C25H30N2O4S/c1-16-11-13-27(14-12-16)32(29,30)17-9-10-22-21(15-17)18-5-3-6-19(18)24(26-22)20-7-4-8-23(31-2)25(20)28/h3-5,7-10,15-16,18-19,24,26,28H,6,11-14H2,1-2H3. The van der Waals surface area contributed by atoms with Gasteiger partial charge in [-0.15, -0.1) is 0 Å². The minimum absolute atomic E-state index is 0.0939. The summed E-state index contributed by atoms with van der Waals surface area (Å²) in [5, 5.41) is 14.3. The molecule has 5 rings (SSSR count). The summed E-state index contributed by atoms with van der Waals surface area (Å²) in [7, 11) is -1.96. The Bertz CT molecular complexity index is 1150. The number of hydrogen-bond acceptors (Lipinski definition) is 5. The number of nitrogens with zero attached hydrogens (tertiary/aromatic N) is 1. The minimum Gasteiger partial charge on any atom is -0.504 e. The molecule has 3 atom stereocenters. The van der Waals surface area contributed by atoms with E-state index in [9.17, 15) is 13.5 Å². The lowest BCUT2D eigenvalue weighted by atomic mass is 9.77. The maximum atomic E-state index is 13.3. The molecule has 1 saturated heterocycles. The predicted molar refractivity (Wildman–Crippen MR) is 125 cm³/mol. The van der Waals surface area contributed by atoms with E-state index in [0.29, 0.717) is 29.7 Å². The third-order valence-corrected chi connectivity index (χ3v) is 9.19. The zero-order valence-electron chi connectivity index (χ0n) is 18.5. The van der Waals surface area contributed by atoms with Crippen molar-refractivity contribution >= 4 is 15.7 Å². The molecule has 2 aromatic carbocycles. The summed E-state index contributed by atoms with van der Waals surface area (Å²) >= 11 is 0. The SMILES string of the molecule is COc1cccc(C2Nc3ccc(S(=O)(=O)N4CCC(C)CC4)cc3C3C=CCC32)c1O. The van der Waals surface area contributed by atoms with Crippen molar-refractivity contribution in [1.29, 1.82) is 0 Å². The second-order valence-electron chi connectivity index (χ2n) is 9.21. The normalized spacial score (nSPS) is 25.8. The molecule has 1 aliphatic carbocycles. The first-order valence-electron chi connectivity index (χ1n) is 11.3. The number of aromatic hydroxyl groups is 1. The Morgan fingerprint density at radius 1 is 1.12 bits per heavy atom. The van der Waals surface area contributed by atoms with Gasteiger partial charge in [-0.3, -0.25) is 0 Å². The molecule has 6 nitrogen and oxygen atoms in total. The van der Waals surface area contributed by atoms with Gasteiger partial charge < -0.3 is 15.2 Å². The number of allylic oxidation sites excluding steroid dienone is 2. The second-order valence-corrected chi connectivity index (χ2v) is 11.1. The highest BCUT2D eigenvalue weighted by Crippen LogP contribution is 2.52. The average molecular weight is 455 g/mol. The number of anilines is 1. The van der Waals surface area contributed by atoms with Crippen LogP contribution in [-0.2, 0) is 10.0 Å². The van der Waals surface area contributed by atoms with Crippen molar-refractivity contribution in [3.63, 3.8) is 0 Å². The average Bonchev–Trinajstić information content (AvgIpc) is 3.29. The van der Waals surface area contributed by atoms with E-state index >= 15 is 0 Å². The fourth-order valence-corrected chi connectivity index (χ4v) is 6.88. The molecular weight excluding hydrogens is 424 g/mol. The third-order valence-electron chi connectivity index (χ3n) is 7.30. The van der Waals surface area contributed by atoms with Crippen molar-refractivity contribution in [2.45, 2.75) is 43.0 Å². The Labute approximate surface area is 190 Å². The first-order valence-corrected chi connectivity index (χ1v) is 12.8. The molecule has 32 heavy (non-hydrogen) atoms. The molecule has 2 heterocycles. The number of fused-ring (bicyclic) bond motifs is 3. The fourth-order valence-electron chi connectivity index (χ4n) is 5.37. The van der Waals surface area contributed by atoms with Crippen molar-refractivity contribution in [2.24, 2.45) is 11.8 Å². The van der Waals surface area contributed by atoms with Gasteiger partial charge in [-0.05, 0) is 60.9 Å². The molecule has 3 aliphatic rings. The van der Waals surface area contributed by atoms with E-state index in [1.54, 1.807) is 23.5 Å². The maximum Gasteiger partial charge on any atom is 0.243 e. The number of hydrogen-bond donors (Lipinski definition) is 2. The highest BCUT2D eigenvalue weighted by Gasteiger charge is 2.40. The molecule has 0 spiro atoms. The number of nitrogens with one attached hydrogen (secondary N) is 1. The molecule has 2 aliphatic heterocycles. The summed E-state index contributed by atoms with van der Waals surface area (Å²) in [4.78, 5) is 0.370. The van der Waals surface area contributed by atoms with Crippen LogP contribution in [0.25, 0.3) is 0 Å². The van der Waals surface area contributed by atoms with Crippen LogP contribution in [0.5, 0.6) is 11.5 Å². The Morgan fingerprint density at radius 2 is 1.91 bits per heavy atom. The number of methoxy groups -OCH3 is 1. The van der Waals surface area contributed by atoms with Gasteiger partial charge in [0.2, 0.25) is 10.0 Å². The zero-order valence-corrected chi connectivity index (χ0v) is 19.3. The van der Waals surface area contributed by atoms with Gasteiger partial charge in [0.1, 0.15) is 0 Å². The number of ether oxygens (including phenoxy) is 1. The van der Waals surface area contributed by atoms with Gasteiger partial charge in [-0.1, -0.05) is 31.2 Å². The van der Waals surface area contributed by atoms with Crippen molar-refractivity contribution in [3.05, 3.63) is 59.7 Å². The summed E-state index contributed by atoms with van der Waals surface area (Å²) in [5.41, 5.74) is 2.72. The largest absolute Gasteiger partial charge is 0.504 e. The van der Waals surface area contributed by atoms with Crippen LogP contribution in [0, 0.1) is 11.8 Å². The number of para-hydroxylation sites is 1. The van der Waals surface area contributed by atoms with Crippen molar-refractivity contribution in [2.75, 3.05) is 25.5 Å². The quantitative estimate of drug-likeness (QED) is 0.658. The highest BCUT2D eigenvalue weighted by molar-refractivity contribution is 7.89. The number of phenolic OH excluding ortho intramolecular Hbond substituents is 1. The number of benzene rings is 2. The maximum absolute atomic E-state index is 13.3. The first kappa shape index (κ1) is 21.3. The fraction of sp³-hybridized carbons (Fsp3) is 0.440. The molecule has 170 valence electrons. The van der Waals surface area contributed by atoms with E-state index in [2.05, 4.69) is 24.4 Å². The molecule has 0 bridgehead atoms. The van der Waals surface area contributed by atoms with E-state index in [1.807, 2.05) is 24.3 Å². The third kappa shape index (κ3) is 3.48. The smallest absolute Gasteiger partial charge is 0.243 e. The molecule has 0 radical (unpaired) electrons. The first-order chi connectivity index (χ1) is 15.4. The second kappa shape index (κ2) is 8.12. The molecule has 7 heteroatoms. The van der Waals surface area contributed by atoms with Crippen LogP contribution < -0.4 is 10.1 Å². The van der Waals surface area contributed by atoms with E-state index in [4.69, 9.17) is 4.74 Å². The molecule has 0 aromatic heterocycles. The summed E-state index contributed by atoms with van der Waals surface area (Å²) in [5.74, 6) is 1.46. The van der Waals surface area contributed by atoms with Crippen LogP contribution in [0.3, 0.4) is 0 Å². The molecule has 2 aromatic rings. The van der Waals surface area contributed by atoms with Crippen LogP contribution in [0.4, 0.5) is 5.69 Å². The van der Waals surface area contributed by atoms with Gasteiger partial charge in [0.15, 0.2) is 11.5 Å². The molecular formula is C25H30N2O4S. The summed E-state index contributed by atoms with van der Waals surface area (Å²) < 4.78 is 33.6. The van der Waals surface area contributed by atoms with Crippen LogP contribution >= 0.6 is 0 Å². The van der Waals surface area contributed by atoms with Crippen LogP contribution in [0.1, 0.15) is 49.3 Å². The van der Waals surface area contributed by atoms with E-state index in [1.165, 1.54) is 0 Å². The predicted octanol–water partition coefficient (Wildman–Crippen LogP) is 4.65. The number of piperidine rings is 1. The lowest BCUT2D eigenvalue weighted by molar-refractivity contribution is 0.288. The van der Waals surface area contributed by atoms with Crippen LogP contribution in [0.2, 0.25) is 0 Å². The van der Waals surface area contributed by atoms with Gasteiger partial charge in [-0.25, -0.2) is 8.42 Å². The number of rotatable bonds is 4. The molecule has 2 N–H and O–H groups in total. The Balaban J connectivity index is 1.50.